The van der Waals surface area contributed by atoms with Crippen molar-refractivity contribution in [2.45, 2.75) is 19.4 Å². The van der Waals surface area contributed by atoms with Crippen molar-refractivity contribution >= 4 is 5.96 Å². The van der Waals surface area contributed by atoms with Crippen molar-refractivity contribution in [1.29, 1.82) is 0 Å². The van der Waals surface area contributed by atoms with E-state index in [2.05, 4.69) is 15.6 Å². The Bertz CT molecular complexity index is 662. The molecular weight excluding hydrogens is 337 g/mol. The molecule has 0 saturated carbocycles. The van der Waals surface area contributed by atoms with E-state index in [1.54, 1.807) is 25.5 Å². The molecule has 1 aromatic carbocycles. The summed E-state index contributed by atoms with van der Waals surface area (Å²) in [6.07, 6.45) is 2.22. The van der Waals surface area contributed by atoms with Crippen molar-refractivity contribution in [3.05, 3.63) is 54.2 Å². The molecule has 0 aliphatic rings. The van der Waals surface area contributed by atoms with Crippen molar-refractivity contribution in [2.75, 3.05) is 33.4 Å². The van der Waals surface area contributed by atoms with Gasteiger partial charge < -0.3 is 24.5 Å². The maximum atomic E-state index is 13.2. The highest BCUT2D eigenvalue weighted by Gasteiger charge is 2.06. The summed E-state index contributed by atoms with van der Waals surface area (Å²) in [5, 5.41) is 6.45. The largest absolute Gasteiger partial charge is 0.489 e. The quantitative estimate of drug-likeness (QED) is 0.386. The minimum Gasteiger partial charge on any atom is -0.489 e. The fraction of sp³-hybridized carbons (Fsp3) is 0.421. The van der Waals surface area contributed by atoms with E-state index in [1.807, 2.05) is 19.1 Å². The molecule has 7 heteroatoms. The van der Waals surface area contributed by atoms with Crippen molar-refractivity contribution in [1.82, 2.24) is 10.6 Å². The number of methoxy groups -OCH3 is 1. The lowest BCUT2D eigenvalue weighted by molar-refractivity contribution is 0.203. The van der Waals surface area contributed by atoms with Gasteiger partial charge in [0.25, 0.3) is 0 Å². The Labute approximate surface area is 153 Å². The molecule has 0 amide bonds. The third-order valence-corrected chi connectivity index (χ3v) is 3.48. The van der Waals surface area contributed by atoms with Gasteiger partial charge in [0.05, 0.1) is 19.4 Å². The van der Waals surface area contributed by atoms with Crippen molar-refractivity contribution < 1.29 is 18.3 Å². The van der Waals surface area contributed by atoms with E-state index in [9.17, 15) is 4.39 Å². The fourth-order valence-corrected chi connectivity index (χ4v) is 2.23. The highest BCUT2D eigenvalue weighted by atomic mass is 19.1. The van der Waals surface area contributed by atoms with Crippen LogP contribution in [0.25, 0.3) is 0 Å². The van der Waals surface area contributed by atoms with Gasteiger partial charge >= 0.3 is 0 Å². The summed E-state index contributed by atoms with van der Waals surface area (Å²) in [6.45, 7) is 4.23. The van der Waals surface area contributed by atoms with Gasteiger partial charge in [-0.1, -0.05) is 6.07 Å². The van der Waals surface area contributed by atoms with Crippen LogP contribution in [0.3, 0.4) is 0 Å². The van der Waals surface area contributed by atoms with E-state index in [0.29, 0.717) is 38.0 Å². The molecule has 0 aliphatic heterocycles. The monoisotopic (exact) mass is 363 g/mol. The van der Waals surface area contributed by atoms with Crippen molar-refractivity contribution in [3.8, 4) is 5.75 Å². The molecule has 0 bridgehead atoms. The van der Waals surface area contributed by atoms with Gasteiger partial charge in [-0.05, 0) is 31.2 Å². The third kappa shape index (κ3) is 7.57. The van der Waals surface area contributed by atoms with Crippen LogP contribution in [0.1, 0.15) is 12.7 Å². The standard InChI is InChI=1S/C19H26FN3O3/c1-15(26-18-6-3-5-16(20)13-18)14-23-19(22-10-12-24-2)21-9-8-17-7-4-11-25-17/h3-7,11,13,15H,8-10,12,14H2,1-2H3,(H2,21,22,23). The first-order valence-electron chi connectivity index (χ1n) is 8.63. The lowest BCUT2D eigenvalue weighted by Gasteiger charge is -2.15. The van der Waals surface area contributed by atoms with E-state index in [1.165, 1.54) is 12.1 Å². The van der Waals surface area contributed by atoms with Gasteiger partial charge in [0, 0.05) is 32.7 Å². The van der Waals surface area contributed by atoms with Gasteiger partial charge in [-0.25, -0.2) is 9.38 Å². The number of hydrogen-bond acceptors (Lipinski definition) is 4. The first-order valence-corrected chi connectivity index (χ1v) is 8.63. The SMILES string of the molecule is COCCNC(=NCC(C)Oc1cccc(F)c1)NCCc1ccco1. The summed E-state index contributed by atoms with van der Waals surface area (Å²) in [5.74, 6) is 1.76. The highest BCUT2D eigenvalue weighted by Crippen LogP contribution is 2.13. The predicted molar refractivity (Wildman–Crippen MR) is 99.1 cm³/mol. The molecule has 0 fully saturated rings. The molecule has 0 spiro atoms. The van der Waals surface area contributed by atoms with Gasteiger partial charge in [-0.2, -0.15) is 0 Å². The van der Waals surface area contributed by atoms with E-state index >= 15 is 0 Å². The minimum atomic E-state index is -0.320. The molecule has 1 unspecified atom stereocenters. The molecule has 142 valence electrons. The van der Waals surface area contributed by atoms with Crippen LogP contribution in [-0.4, -0.2) is 45.4 Å². The van der Waals surface area contributed by atoms with Gasteiger partial charge in [-0.15, -0.1) is 0 Å². The Morgan fingerprint density at radius 1 is 1.23 bits per heavy atom. The first-order chi connectivity index (χ1) is 12.7. The zero-order valence-electron chi connectivity index (χ0n) is 15.2. The summed E-state index contributed by atoms with van der Waals surface area (Å²) >= 11 is 0. The van der Waals surface area contributed by atoms with Gasteiger partial charge in [0.1, 0.15) is 23.4 Å². The van der Waals surface area contributed by atoms with Crippen LogP contribution in [0.4, 0.5) is 4.39 Å². The molecule has 2 rings (SSSR count). The van der Waals surface area contributed by atoms with E-state index < -0.39 is 0 Å². The Morgan fingerprint density at radius 2 is 2.08 bits per heavy atom. The number of guanidine groups is 1. The molecule has 1 atom stereocenters. The minimum absolute atomic E-state index is 0.192. The first kappa shape index (κ1) is 19.8. The van der Waals surface area contributed by atoms with Crippen molar-refractivity contribution in [2.24, 2.45) is 4.99 Å². The molecule has 2 aromatic rings. The number of hydrogen-bond donors (Lipinski definition) is 2. The Hall–Kier alpha value is -2.54. The summed E-state index contributed by atoms with van der Waals surface area (Å²) in [4.78, 5) is 4.52. The average Bonchev–Trinajstić information content (AvgIpc) is 3.13. The maximum absolute atomic E-state index is 13.2. The summed E-state index contributed by atoms with van der Waals surface area (Å²) in [6, 6.07) is 9.89. The number of benzene rings is 1. The Kier molecular flexibility index (Phi) is 8.48. The highest BCUT2D eigenvalue weighted by molar-refractivity contribution is 5.79. The summed E-state index contributed by atoms with van der Waals surface area (Å²) < 4.78 is 29.3. The van der Waals surface area contributed by atoms with Crippen LogP contribution in [0, 0.1) is 5.82 Å². The molecule has 1 heterocycles. The van der Waals surface area contributed by atoms with Crippen LogP contribution in [-0.2, 0) is 11.2 Å². The normalized spacial score (nSPS) is 12.7. The molecule has 2 N–H and O–H groups in total. The number of aliphatic imine (C=N–C) groups is 1. The second-order valence-corrected chi connectivity index (χ2v) is 5.75. The van der Waals surface area contributed by atoms with Gasteiger partial charge in [0.2, 0.25) is 0 Å². The lowest BCUT2D eigenvalue weighted by Crippen LogP contribution is -2.40. The zero-order chi connectivity index (χ0) is 18.6. The second-order valence-electron chi connectivity index (χ2n) is 5.75. The Morgan fingerprint density at radius 3 is 2.81 bits per heavy atom. The molecule has 6 nitrogen and oxygen atoms in total. The van der Waals surface area contributed by atoms with Gasteiger partial charge in [-0.3, -0.25) is 0 Å². The van der Waals surface area contributed by atoms with Crippen LogP contribution in [0.2, 0.25) is 0 Å². The average molecular weight is 363 g/mol. The Balaban J connectivity index is 1.83. The summed E-state index contributed by atoms with van der Waals surface area (Å²) in [7, 11) is 1.65. The topological polar surface area (TPSA) is 68.0 Å². The van der Waals surface area contributed by atoms with E-state index in [4.69, 9.17) is 13.9 Å². The number of furan rings is 1. The number of halogens is 1. The fourth-order valence-electron chi connectivity index (χ4n) is 2.23. The number of nitrogens with one attached hydrogen (secondary N) is 2. The molecule has 0 aliphatic carbocycles. The predicted octanol–water partition coefficient (Wildman–Crippen LogP) is 2.61. The molecule has 1 aromatic heterocycles. The molecule has 0 saturated heterocycles. The lowest BCUT2D eigenvalue weighted by atomic mass is 10.3. The van der Waals surface area contributed by atoms with Crippen molar-refractivity contribution in [3.63, 3.8) is 0 Å². The number of ether oxygens (including phenoxy) is 2. The van der Waals surface area contributed by atoms with Crippen LogP contribution in [0.5, 0.6) is 5.75 Å². The van der Waals surface area contributed by atoms with Crippen LogP contribution in [0.15, 0.2) is 52.1 Å². The number of rotatable bonds is 10. The third-order valence-electron chi connectivity index (χ3n) is 3.48. The molecule has 0 radical (unpaired) electrons. The van der Waals surface area contributed by atoms with E-state index in [-0.39, 0.29) is 11.9 Å². The zero-order valence-corrected chi connectivity index (χ0v) is 15.2. The van der Waals surface area contributed by atoms with Crippen LogP contribution < -0.4 is 15.4 Å². The maximum Gasteiger partial charge on any atom is 0.191 e. The molecule has 26 heavy (non-hydrogen) atoms. The van der Waals surface area contributed by atoms with Crippen LogP contribution >= 0.6 is 0 Å². The number of nitrogens with zero attached hydrogens (tertiary/aromatic N) is 1. The van der Waals surface area contributed by atoms with E-state index in [0.717, 1.165) is 12.2 Å². The molecular formula is C19H26FN3O3. The van der Waals surface area contributed by atoms with Gasteiger partial charge in [0.15, 0.2) is 5.96 Å². The smallest absolute Gasteiger partial charge is 0.191 e. The summed E-state index contributed by atoms with van der Waals surface area (Å²) in [5.41, 5.74) is 0. The second kappa shape index (κ2) is 11.1.